The quantitative estimate of drug-likeness (QED) is 0.563. The van der Waals surface area contributed by atoms with Crippen molar-refractivity contribution in [1.82, 2.24) is 0 Å². The molecule has 148 valence electrons. The molecule has 1 aliphatic carbocycles. The number of ketones is 1. The van der Waals surface area contributed by atoms with Gasteiger partial charge in [0.05, 0.1) is 11.1 Å². The van der Waals surface area contributed by atoms with Crippen LogP contribution in [0.1, 0.15) is 23.6 Å². The summed E-state index contributed by atoms with van der Waals surface area (Å²) < 4.78 is 116. The van der Waals surface area contributed by atoms with Gasteiger partial charge in [-0.25, -0.2) is 0 Å². The van der Waals surface area contributed by atoms with E-state index in [0.717, 1.165) is 13.0 Å². The van der Waals surface area contributed by atoms with Crippen LogP contribution in [0.25, 0.3) is 0 Å². The number of rotatable bonds is 2. The third-order valence-electron chi connectivity index (χ3n) is 3.94. The first-order valence-electron chi connectivity index (χ1n) is 7.40. The summed E-state index contributed by atoms with van der Waals surface area (Å²) in [4.78, 5) is 11.7. The van der Waals surface area contributed by atoms with Crippen LogP contribution in [-0.4, -0.2) is 12.0 Å². The topological polar surface area (TPSA) is 17.1 Å². The van der Waals surface area contributed by atoms with Gasteiger partial charge in [0.2, 0.25) is 0 Å². The average molecular weight is 402 g/mol. The van der Waals surface area contributed by atoms with Crippen LogP contribution in [0, 0.1) is 5.92 Å². The van der Waals surface area contributed by atoms with Gasteiger partial charge in [-0.1, -0.05) is 6.92 Å². The molecule has 1 unspecified atom stereocenters. The highest BCUT2D eigenvalue weighted by Gasteiger charge is 2.41. The van der Waals surface area contributed by atoms with Crippen LogP contribution >= 0.6 is 0 Å². The largest absolute Gasteiger partial charge is 0.416 e. The van der Waals surface area contributed by atoms with E-state index in [0.29, 0.717) is 18.2 Å². The van der Waals surface area contributed by atoms with Gasteiger partial charge in [0.15, 0.2) is 5.78 Å². The summed E-state index contributed by atoms with van der Waals surface area (Å²) in [5.41, 5.74) is -5.19. The van der Waals surface area contributed by atoms with Crippen molar-refractivity contribution in [3.63, 3.8) is 0 Å². The van der Waals surface area contributed by atoms with Crippen LogP contribution < -0.4 is 0 Å². The summed E-state index contributed by atoms with van der Waals surface area (Å²) in [5, 5.41) is 0. The van der Waals surface area contributed by atoms with Crippen molar-refractivity contribution < 1.29 is 44.3 Å². The summed E-state index contributed by atoms with van der Waals surface area (Å²) in [7, 11) is 0. The number of carbonyl (C=O) groups is 1. The van der Waals surface area contributed by atoms with Crippen LogP contribution in [0.4, 0.5) is 39.5 Å². The molecular formula is C17H11F9O. The molecule has 0 saturated heterocycles. The summed E-state index contributed by atoms with van der Waals surface area (Å²) in [6.07, 6.45) is -14.3. The van der Waals surface area contributed by atoms with E-state index < -0.39 is 58.9 Å². The zero-order valence-electron chi connectivity index (χ0n) is 13.5. The fraction of sp³-hybridized carbons (Fsp3) is 0.353. The maximum absolute atomic E-state index is 13.0. The molecule has 27 heavy (non-hydrogen) atoms. The molecule has 1 aromatic carbocycles. The second kappa shape index (κ2) is 6.72. The SMILES string of the molecule is CC1C(=O)C=C(Cc2cc(C(F)(F)F)cc(C(F)(F)F)c2)C=C1C(F)(F)F. The van der Waals surface area contributed by atoms with Gasteiger partial charge in [0.25, 0.3) is 0 Å². The lowest BCUT2D eigenvalue weighted by molar-refractivity contribution is -0.143. The number of carbonyl (C=O) groups excluding carboxylic acids is 1. The second-order valence-electron chi connectivity index (χ2n) is 6.03. The highest BCUT2D eigenvalue weighted by Crippen LogP contribution is 2.38. The van der Waals surface area contributed by atoms with Gasteiger partial charge in [-0.2, -0.15) is 39.5 Å². The first-order valence-corrected chi connectivity index (χ1v) is 7.40. The minimum Gasteiger partial charge on any atom is -0.294 e. The van der Waals surface area contributed by atoms with Crippen molar-refractivity contribution in [2.75, 3.05) is 0 Å². The highest BCUT2D eigenvalue weighted by molar-refractivity contribution is 5.96. The van der Waals surface area contributed by atoms with E-state index >= 15 is 0 Å². The number of benzene rings is 1. The molecule has 0 aliphatic heterocycles. The Labute approximate surface area is 147 Å². The van der Waals surface area contributed by atoms with Crippen molar-refractivity contribution in [2.24, 2.45) is 5.92 Å². The van der Waals surface area contributed by atoms with E-state index in [4.69, 9.17) is 0 Å². The Morgan fingerprint density at radius 1 is 0.778 bits per heavy atom. The summed E-state index contributed by atoms with van der Waals surface area (Å²) >= 11 is 0. The number of hydrogen-bond acceptors (Lipinski definition) is 1. The lowest BCUT2D eigenvalue weighted by atomic mass is 9.86. The number of alkyl halides is 9. The second-order valence-corrected chi connectivity index (χ2v) is 6.03. The fourth-order valence-electron chi connectivity index (χ4n) is 2.61. The molecule has 0 aromatic heterocycles. The maximum atomic E-state index is 13.0. The highest BCUT2D eigenvalue weighted by atomic mass is 19.4. The smallest absolute Gasteiger partial charge is 0.294 e. The normalized spacial score (nSPS) is 19.0. The lowest BCUT2D eigenvalue weighted by Gasteiger charge is -2.22. The standard InChI is InChI=1S/C17H11F9O/c1-8-13(17(24,25)26)5-10(6-14(8)27)2-9-3-11(15(18,19)20)7-12(4-9)16(21,22)23/h3-8H,2H2,1H3. The predicted molar refractivity (Wildman–Crippen MR) is 76.5 cm³/mol. The minimum atomic E-state index is -5.08. The third kappa shape index (κ3) is 4.92. The maximum Gasteiger partial charge on any atom is 0.416 e. The summed E-state index contributed by atoms with van der Waals surface area (Å²) in [6, 6.07) is 0.752. The van der Waals surface area contributed by atoms with Crippen molar-refractivity contribution in [1.29, 1.82) is 0 Å². The molecule has 2 rings (SSSR count). The molecule has 1 aromatic rings. The Bertz CT molecular complexity index is 775. The molecule has 0 bridgehead atoms. The van der Waals surface area contributed by atoms with Gasteiger partial charge in [0, 0.05) is 11.5 Å². The van der Waals surface area contributed by atoms with Crippen molar-refractivity contribution >= 4 is 5.78 Å². The molecular weight excluding hydrogens is 391 g/mol. The van der Waals surface area contributed by atoms with Crippen LogP contribution in [-0.2, 0) is 23.6 Å². The molecule has 0 amide bonds. The fourth-order valence-corrected chi connectivity index (χ4v) is 2.61. The summed E-state index contributed by atoms with van der Waals surface area (Å²) in [6.45, 7) is 1.01. The third-order valence-corrected chi connectivity index (χ3v) is 3.94. The first kappa shape index (κ1) is 21.0. The molecule has 1 nitrogen and oxygen atoms in total. The Kier molecular flexibility index (Phi) is 5.24. The lowest BCUT2D eigenvalue weighted by Crippen LogP contribution is -2.26. The van der Waals surface area contributed by atoms with E-state index in [2.05, 4.69) is 0 Å². The number of allylic oxidation sites excluding steroid dienone is 4. The van der Waals surface area contributed by atoms with E-state index in [1.165, 1.54) is 0 Å². The van der Waals surface area contributed by atoms with Crippen LogP contribution in [0.15, 0.2) is 41.5 Å². The predicted octanol–water partition coefficient (Wildman–Crippen LogP) is 5.90. The molecule has 0 spiro atoms. The molecule has 0 radical (unpaired) electrons. The van der Waals surface area contributed by atoms with E-state index in [1.54, 1.807) is 0 Å². The number of halogens is 9. The van der Waals surface area contributed by atoms with Gasteiger partial charge in [-0.3, -0.25) is 4.79 Å². The Balaban J connectivity index is 2.49. The van der Waals surface area contributed by atoms with Crippen molar-refractivity contribution in [2.45, 2.75) is 31.9 Å². The Morgan fingerprint density at radius 2 is 1.26 bits per heavy atom. The molecule has 1 aliphatic rings. The van der Waals surface area contributed by atoms with Crippen molar-refractivity contribution in [3.05, 3.63) is 58.2 Å². The molecule has 0 saturated carbocycles. The van der Waals surface area contributed by atoms with E-state index in [9.17, 15) is 44.3 Å². The molecule has 10 heteroatoms. The van der Waals surface area contributed by atoms with Gasteiger partial charge < -0.3 is 0 Å². The minimum absolute atomic E-state index is 0.0804. The monoisotopic (exact) mass is 402 g/mol. The Morgan fingerprint density at radius 3 is 1.67 bits per heavy atom. The molecule has 0 heterocycles. The Hall–Kier alpha value is -2.26. The average Bonchev–Trinajstić information content (AvgIpc) is 2.47. The molecule has 0 fully saturated rings. The van der Waals surface area contributed by atoms with Crippen LogP contribution in [0.3, 0.4) is 0 Å². The zero-order valence-corrected chi connectivity index (χ0v) is 13.5. The van der Waals surface area contributed by atoms with E-state index in [-0.39, 0.29) is 11.6 Å². The zero-order chi connectivity index (χ0) is 20.8. The van der Waals surface area contributed by atoms with Gasteiger partial charge >= 0.3 is 18.5 Å². The molecule has 1 atom stereocenters. The van der Waals surface area contributed by atoms with Crippen LogP contribution in [0.2, 0.25) is 0 Å². The van der Waals surface area contributed by atoms with Crippen molar-refractivity contribution in [3.8, 4) is 0 Å². The van der Waals surface area contributed by atoms with Gasteiger partial charge in [-0.15, -0.1) is 0 Å². The summed E-state index contributed by atoms with van der Waals surface area (Å²) in [5.74, 6) is -2.43. The van der Waals surface area contributed by atoms with Crippen LogP contribution in [0.5, 0.6) is 0 Å². The van der Waals surface area contributed by atoms with E-state index in [1.807, 2.05) is 0 Å². The first-order chi connectivity index (χ1) is 12.1. The van der Waals surface area contributed by atoms with Gasteiger partial charge in [-0.05, 0) is 47.9 Å². The number of hydrogen-bond donors (Lipinski definition) is 0. The van der Waals surface area contributed by atoms with Gasteiger partial charge in [0.1, 0.15) is 0 Å². The molecule has 0 N–H and O–H groups in total.